The molecule has 2 aromatic heterocycles. The zero-order chi connectivity index (χ0) is 22.8. The van der Waals surface area contributed by atoms with Crippen molar-refractivity contribution in [2.75, 3.05) is 38.5 Å². The van der Waals surface area contributed by atoms with Crippen molar-refractivity contribution in [2.45, 2.75) is 26.8 Å². The minimum atomic E-state index is 0.0620. The summed E-state index contributed by atoms with van der Waals surface area (Å²) in [6.07, 6.45) is 3.37. The summed E-state index contributed by atoms with van der Waals surface area (Å²) in [5.41, 5.74) is 2.94. The SMILES string of the molecule is Cc1ncc(-c2nc(Nc3ccc(C(=O)N4CCN(C)CC4)cc3)ncc2Cl)n1C(C)C. The molecule has 1 aliphatic heterocycles. The van der Waals surface area contributed by atoms with E-state index in [1.54, 1.807) is 12.4 Å². The number of imidazole rings is 1. The first-order valence-corrected chi connectivity index (χ1v) is 11.1. The number of hydrogen-bond donors (Lipinski definition) is 1. The van der Waals surface area contributed by atoms with Crippen LogP contribution in [0.1, 0.15) is 36.1 Å². The number of halogens is 1. The molecule has 8 nitrogen and oxygen atoms in total. The minimum absolute atomic E-state index is 0.0620. The average Bonchev–Trinajstić information content (AvgIpc) is 3.17. The lowest BCUT2D eigenvalue weighted by Crippen LogP contribution is -2.47. The molecule has 168 valence electrons. The number of hydrogen-bond acceptors (Lipinski definition) is 6. The number of rotatable bonds is 5. The normalized spacial score (nSPS) is 14.8. The van der Waals surface area contributed by atoms with E-state index >= 15 is 0 Å². The molecule has 3 heterocycles. The summed E-state index contributed by atoms with van der Waals surface area (Å²) in [4.78, 5) is 30.2. The molecule has 0 unspecified atom stereocenters. The predicted octanol–water partition coefficient (Wildman–Crippen LogP) is 4.01. The number of carbonyl (C=O) groups excluding carboxylic acids is 1. The maximum atomic E-state index is 12.7. The second kappa shape index (κ2) is 9.26. The van der Waals surface area contributed by atoms with E-state index in [-0.39, 0.29) is 11.9 Å². The molecule has 0 spiro atoms. The molecule has 1 amide bonds. The molecule has 1 aliphatic rings. The minimum Gasteiger partial charge on any atom is -0.336 e. The van der Waals surface area contributed by atoms with E-state index in [9.17, 15) is 4.79 Å². The van der Waals surface area contributed by atoms with E-state index in [1.807, 2.05) is 36.1 Å². The average molecular weight is 454 g/mol. The van der Waals surface area contributed by atoms with E-state index < -0.39 is 0 Å². The number of aromatic nitrogens is 4. The van der Waals surface area contributed by atoms with Crippen molar-refractivity contribution in [1.29, 1.82) is 0 Å². The van der Waals surface area contributed by atoms with E-state index in [2.05, 4.69) is 50.6 Å². The topological polar surface area (TPSA) is 79.2 Å². The first-order valence-electron chi connectivity index (χ1n) is 10.7. The smallest absolute Gasteiger partial charge is 0.253 e. The Morgan fingerprint density at radius 3 is 2.41 bits per heavy atom. The van der Waals surface area contributed by atoms with Gasteiger partial charge in [-0.25, -0.2) is 15.0 Å². The molecule has 0 saturated carbocycles. The molecule has 9 heteroatoms. The first-order chi connectivity index (χ1) is 15.3. The summed E-state index contributed by atoms with van der Waals surface area (Å²) in [6.45, 7) is 9.46. The van der Waals surface area contributed by atoms with Crippen molar-refractivity contribution in [1.82, 2.24) is 29.3 Å². The summed E-state index contributed by atoms with van der Waals surface area (Å²) in [6, 6.07) is 7.61. The fourth-order valence-corrected chi connectivity index (χ4v) is 4.09. The van der Waals surface area contributed by atoms with Gasteiger partial charge >= 0.3 is 0 Å². The Morgan fingerprint density at radius 2 is 1.75 bits per heavy atom. The number of anilines is 2. The van der Waals surface area contributed by atoms with E-state index in [4.69, 9.17) is 11.6 Å². The molecule has 32 heavy (non-hydrogen) atoms. The molecule has 1 fully saturated rings. The molecule has 3 aromatic rings. The van der Waals surface area contributed by atoms with Gasteiger partial charge in [-0.05, 0) is 52.1 Å². The Labute approximate surface area is 193 Å². The third-order valence-electron chi connectivity index (χ3n) is 5.66. The number of nitrogens with zero attached hydrogens (tertiary/aromatic N) is 6. The van der Waals surface area contributed by atoms with Gasteiger partial charge in [0.25, 0.3) is 5.91 Å². The standard InChI is InChI=1S/C23H28ClN7O/c1-15(2)31-16(3)25-14-20(31)21-19(24)13-26-23(28-21)27-18-7-5-17(6-8-18)22(32)30-11-9-29(4)10-12-30/h5-8,13-15H,9-12H2,1-4H3,(H,26,27,28). The van der Waals surface area contributed by atoms with Gasteiger partial charge in [-0.15, -0.1) is 0 Å². The Hall–Kier alpha value is -2.97. The monoisotopic (exact) mass is 453 g/mol. The van der Waals surface area contributed by atoms with Crippen molar-refractivity contribution < 1.29 is 4.79 Å². The highest BCUT2D eigenvalue weighted by Gasteiger charge is 2.20. The molecule has 0 radical (unpaired) electrons. The van der Waals surface area contributed by atoms with Gasteiger partial charge in [0.2, 0.25) is 5.95 Å². The van der Waals surface area contributed by atoms with Gasteiger partial charge in [0.1, 0.15) is 11.5 Å². The van der Waals surface area contributed by atoms with Gasteiger partial charge < -0.3 is 19.7 Å². The summed E-state index contributed by atoms with van der Waals surface area (Å²) in [5, 5.41) is 3.67. The van der Waals surface area contributed by atoms with E-state index in [0.717, 1.165) is 43.4 Å². The molecule has 0 aliphatic carbocycles. The number of piperazine rings is 1. The third kappa shape index (κ3) is 4.61. The molecule has 4 rings (SSSR count). The Balaban J connectivity index is 1.52. The Bertz CT molecular complexity index is 1100. The number of amides is 1. The number of benzene rings is 1. The van der Waals surface area contributed by atoms with Crippen LogP contribution in [0.5, 0.6) is 0 Å². The van der Waals surface area contributed by atoms with Crippen LogP contribution in [0.2, 0.25) is 5.02 Å². The maximum Gasteiger partial charge on any atom is 0.253 e. The van der Waals surface area contributed by atoms with Crippen LogP contribution in [0, 0.1) is 6.92 Å². The predicted molar refractivity (Wildman–Crippen MR) is 127 cm³/mol. The van der Waals surface area contributed by atoms with Crippen molar-refractivity contribution in [3.05, 3.63) is 53.1 Å². The lowest BCUT2D eigenvalue weighted by atomic mass is 10.1. The van der Waals surface area contributed by atoms with Gasteiger partial charge in [-0.1, -0.05) is 11.6 Å². The van der Waals surface area contributed by atoms with Gasteiger partial charge in [0.05, 0.1) is 23.1 Å². The highest BCUT2D eigenvalue weighted by atomic mass is 35.5. The maximum absolute atomic E-state index is 12.7. The van der Waals surface area contributed by atoms with E-state index in [1.165, 1.54) is 0 Å². The van der Waals surface area contributed by atoms with Crippen molar-refractivity contribution >= 4 is 29.1 Å². The van der Waals surface area contributed by atoms with Crippen LogP contribution < -0.4 is 5.32 Å². The van der Waals surface area contributed by atoms with Crippen molar-refractivity contribution in [3.8, 4) is 11.4 Å². The van der Waals surface area contributed by atoms with Crippen molar-refractivity contribution in [2.24, 2.45) is 0 Å². The fraction of sp³-hybridized carbons (Fsp3) is 0.391. The van der Waals surface area contributed by atoms with Crippen LogP contribution in [-0.2, 0) is 0 Å². The van der Waals surface area contributed by atoms with Crippen molar-refractivity contribution in [3.63, 3.8) is 0 Å². The summed E-state index contributed by atoms with van der Waals surface area (Å²) < 4.78 is 2.09. The molecule has 1 saturated heterocycles. The largest absolute Gasteiger partial charge is 0.336 e. The molecule has 0 bridgehead atoms. The van der Waals surface area contributed by atoms with Gasteiger partial charge in [0.15, 0.2) is 0 Å². The highest BCUT2D eigenvalue weighted by Crippen LogP contribution is 2.30. The van der Waals surface area contributed by atoms with Gasteiger partial charge in [-0.2, -0.15) is 0 Å². The summed E-state index contributed by atoms with van der Waals surface area (Å²) in [7, 11) is 2.07. The molecule has 0 atom stereocenters. The zero-order valence-electron chi connectivity index (χ0n) is 18.8. The number of likely N-dealkylation sites (N-methyl/N-ethyl adjacent to an activating group) is 1. The van der Waals surface area contributed by atoms with Crippen LogP contribution >= 0.6 is 11.6 Å². The summed E-state index contributed by atoms with van der Waals surface area (Å²) in [5.74, 6) is 1.39. The van der Waals surface area contributed by atoms with Crippen LogP contribution in [-0.4, -0.2) is 68.5 Å². The van der Waals surface area contributed by atoms with Crippen LogP contribution in [0.15, 0.2) is 36.7 Å². The Kier molecular flexibility index (Phi) is 6.43. The van der Waals surface area contributed by atoms with Gasteiger partial charge in [0, 0.05) is 43.5 Å². The number of carbonyl (C=O) groups is 1. The number of aryl methyl sites for hydroxylation is 1. The van der Waals surface area contributed by atoms with Crippen LogP contribution in [0.25, 0.3) is 11.4 Å². The molecule has 1 aromatic carbocycles. The van der Waals surface area contributed by atoms with E-state index in [0.29, 0.717) is 22.2 Å². The van der Waals surface area contributed by atoms with Crippen LogP contribution in [0.4, 0.5) is 11.6 Å². The molecule has 1 N–H and O–H groups in total. The van der Waals surface area contributed by atoms with Gasteiger partial charge in [-0.3, -0.25) is 4.79 Å². The number of nitrogens with one attached hydrogen (secondary N) is 1. The quantitative estimate of drug-likeness (QED) is 0.628. The fourth-order valence-electron chi connectivity index (χ4n) is 3.90. The zero-order valence-corrected chi connectivity index (χ0v) is 19.6. The lowest BCUT2D eigenvalue weighted by Gasteiger charge is -2.32. The van der Waals surface area contributed by atoms with Crippen LogP contribution in [0.3, 0.4) is 0 Å². The first kappa shape index (κ1) is 22.2. The molecular formula is C23H28ClN7O. The second-order valence-electron chi connectivity index (χ2n) is 8.34. The third-order valence-corrected chi connectivity index (χ3v) is 5.94. The highest BCUT2D eigenvalue weighted by molar-refractivity contribution is 6.32. The second-order valence-corrected chi connectivity index (χ2v) is 8.75. The molecular weight excluding hydrogens is 426 g/mol. The lowest BCUT2D eigenvalue weighted by molar-refractivity contribution is 0.0664. The Morgan fingerprint density at radius 1 is 1.06 bits per heavy atom. The summed E-state index contributed by atoms with van der Waals surface area (Å²) >= 11 is 6.42.